The Morgan fingerprint density at radius 3 is 1.97 bits per heavy atom. The van der Waals surface area contributed by atoms with Gasteiger partial charge in [-0.15, -0.1) is 0 Å². The van der Waals surface area contributed by atoms with E-state index in [1.165, 1.54) is 0 Å². The largest absolute Gasteiger partial charge is 0.497 e. The summed E-state index contributed by atoms with van der Waals surface area (Å²) >= 11 is 18.1. The summed E-state index contributed by atoms with van der Waals surface area (Å²) in [5, 5.41) is 6.09. The lowest BCUT2D eigenvalue weighted by Gasteiger charge is -2.15. The molecule has 4 aromatic rings. The summed E-state index contributed by atoms with van der Waals surface area (Å²) in [6.07, 6.45) is 0. The molecular formula is C25H20Cl2N2O2S. The molecule has 162 valence electrons. The molecule has 1 aromatic heterocycles. The predicted octanol–water partition coefficient (Wildman–Crippen LogP) is 7.32. The molecule has 0 bridgehead atoms. The van der Waals surface area contributed by atoms with Crippen molar-refractivity contribution in [2.75, 3.05) is 14.2 Å². The normalized spacial score (nSPS) is 10.8. The molecule has 0 aliphatic heterocycles. The first-order valence-electron chi connectivity index (χ1n) is 9.83. The van der Waals surface area contributed by atoms with Gasteiger partial charge in [0.25, 0.3) is 0 Å². The Bertz CT molecular complexity index is 1300. The Kier molecular flexibility index (Phi) is 6.80. The minimum Gasteiger partial charge on any atom is -0.497 e. The summed E-state index contributed by atoms with van der Waals surface area (Å²) in [7, 11) is 3.29. The van der Waals surface area contributed by atoms with Gasteiger partial charge in [0, 0.05) is 21.2 Å². The van der Waals surface area contributed by atoms with E-state index in [4.69, 9.17) is 50.0 Å². The molecule has 4 nitrogen and oxygen atoms in total. The fraction of sp³-hybridized carbons (Fsp3) is 0.120. The molecule has 0 atom stereocenters. The highest BCUT2D eigenvalue weighted by Gasteiger charge is 2.14. The zero-order chi connectivity index (χ0) is 22.7. The van der Waals surface area contributed by atoms with Crippen LogP contribution in [-0.2, 0) is 6.54 Å². The first-order chi connectivity index (χ1) is 15.5. The van der Waals surface area contributed by atoms with Crippen LogP contribution in [0.1, 0.15) is 5.56 Å². The lowest BCUT2D eigenvalue weighted by molar-refractivity contribution is 0.414. The SMILES string of the molecule is COc1ccc(-c2cc(=S)n(Cc3ccc(Cl)cc3Cl)nc2-c2ccc(OC)cc2)cc1. The second-order valence-electron chi connectivity index (χ2n) is 7.10. The maximum Gasteiger partial charge on any atom is 0.123 e. The monoisotopic (exact) mass is 482 g/mol. The van der Waals surface area contributed by atoms with E-state index in [0.717, 1.165) is 39.4 Å². The third-order valence-corrected chi connectivity index (χ3v) is 6.01. The Hall–Kier alpha value is -2.86. The van der Waals surface area contributed by atoms with Crippen molar-refractivity contribution in [1.82, 2.24) is 9.78 Å². The van der Waals surface area contributed by atoms with Crippen LogP contribution in [0.15, 0.2) is 72.8 Å². The van der Waals surface area contributed by atoms with Gasteiger partial charge < -0.3 is 9.47 Å². The minimum absolute atomic E-state index is 0.431. The molecule has 0 spiro atoms. The number of hydrogen-bond acceptors (Lipinski definition) is 4. The number of ether oxygens (including phenoxy) is 2. The van der Waals surface area contributed by atoms with Gasteiger partial charge >= 0.3 is 0 Å². The molecule has 0 N–H and O–H groups in total. The van der Waals surface area contributed by atoms with Gasteiger partial charge in [-0.3, -0.25) is 0 Å². The Morgan fingerprint density at radius 2 is 1.41 bits per heavy atom. The van der Waals surface area contributed by atoms with Crippen LogP contribution in [0.25, 0.3) is 22.4 Å². The molecule has 0 saturated heterocycles. The van der Waals surface area contributed by atoms with Crippen LogP contribution < -0.4 is 9.47 Å². The Labute approximate surface area is 202 Å². The lowest BCUT2D eigenvalue weighted by atomic mass is 10.00. The molecule has 0 aliphatic rings. The van der Waals surface area contributed by atoms with Gasteiger partial charge in [0.1, 0.15) is 16.1 Å². The molecule has 7 heteroatoms. The quantitative estimate of drug-likeness (QED) is 0.269. The van der Waals surface area contributed by atoms with Crippen LogP contribution in [0.5, 0.6) is 11.5 Å². The number of halogens is 2. The summed E-state index contributed by atoms with van der Waals surface area (Å²) in [6, 6.07) is 23.0. The molecule has 0 fully saturated rings. The molecule has 0 radical (unpaired) electrons. The number of rotatable bonds is 6. The average Bonchev–Trinajstić information content (AvgIpc) is 2.82. The molecule has 0 saturated carbocycles. The second-order valence-corrected chi connectivity index (χ2v) is 8.36. The van der Waals surface area contributed by atoms with E-state index < -0.39 is 0 Å². The first kappa shape index (κ1) is 22.3. The van der Waals surface area contributed by atoms with Crippen LogP contribution in [-0.4, -0.2) is 24.0 Å². The van der Waals surface area contributed by atoms with Gasteiger partial charge in [0.2, 0.25) is 0 Å². The van der Waals surface area contributed by atoms with Crippen molar-refractivity contribution < 1.29 is 9.47 Å². The van der Waals surface area contributed by atoms with Crippen LogP contribution in [0.3, 0.4) is 0 Å². The van der Waals surface area contributed by atoms with Crippen molar-refractivity contribution in [3.8, 4) is 33.9 Å². The summed E-state index contributed by atoms with van der Waals surface area (Å²) < 4.78 is 13.0. The van der Waals surface area contributed by atoms with E-state index in [2.05, 4.69) is 0 Å². The van der Waals surface area contributed by atoms with E-state index in [1.807, 2.05) is 66.7 Å². The Morgan fingerprint density at radius 1 is 0.812 bits per heavy atom. The molecular weight excluding hydrogens is 463 g/mol. The number of aromatic nitrogens is 2. The van der Waals surface area contributed by atoms with Crippen molar-refractivity contribution in [1.29, 1.82) is 0 Å². The highest BCUT2D eigenvalue weighted by atomic mass is 35.5. The third kappa shape index (κ3) is 4.80. The van der Waals surface area contributed by atoms with Crippen LogP contribution in [0.2, 0.25) is 10.0 Å². The fourth-order valence-electron chi connectivity index (χ4n) is 3.37. The molecule has 3 aromatic carbocycles. The molecule has 1 heterocycles. The number of methoxy groups -OCH3 is 2. The fourth-order valence-corrected chi connectivity index (χ4v) is 4.06. The van der Waals surface area contributed by atoms with Gasteiger partial charge in [0.15, 0.2) is 0 Å². The van der Waals surface area contributed by atoms with Gasteiger partial charge in [-0.25, -0.2) is 4.68 Å². The highest BCUT2D eigenvalue weighted by molar-refractivity contribution is 7.71. The van der Waals surface area contributed by atoms with Crippen LogP contribution in [0, 0.1) is 4.64 Å². The maximum atomic E-state index is 6.39. The molecule has 0 aliphatic carbocycles. The van der Waals surface area contributed by atoms with Gasteiger partial charge in [-0.05, 0) is 65.7 Å². The zero-order valence-electron chi connectivity index (χ0n) is 17.5. The van der Waals surface area contributed by atoms with Crippen molar-refractivity contribution in [3.63, 3.8) is 0 Å². The Balaban J connectivity index is 1.85. The van der Waals surface area contributed by atoms with Crippen molar-refractivity contribution in [2.24, 2.45) is 0 Å². The number of hydrogen-bond donors (Lipinski definition) is 0. The van der Waals surface area contributed by atoms with Crippen molar-refractivity contribution >= 4 is 35.4 Å². The van der Waals surface area contributed by atoms with E-state index in [0.29, 0.717) is 21.2 Å². The molecule has 0 amide bonds. The van der Waals surface area contributed by atoms with E-state index in [9.17, 15) is 0 Å². The topological polar surface area (TPSA) is 36.3 Å². The summed E-state index contributed by atoms with van der Waals surface area (Å²) in [6.45, 7) is 0.431. The molecule has 0 unspecified atom stereocenters. The summed E-state index contributed by atoms with van der Waals surface area (Å²) in [5.41, 5.74) is 4.56. The van der Waals surface area contributed by atoms with Crippen molar-refractivity contribution in [2.45, 2.75) is 6.54 Å². The van der Waals surface area contributed by atoms with Gasteiger partial charge in [-0.2, -0.15) is 5.10 Å². The molecule has 32 heavy (non-hydrogen) atoms. The van der Waals surface area contributed by atoms with E-state index in [-0.39, 0.29) is 0 Å². The zero-order valence-corrected chi connectivity index (χ0v) is 19.8. The standard InChI is InChI=1S/C25H20Cl2N2O2S/c1-30-20-9-4-16(5-10-20)22-14-24(32)29(15-18-3-8-19(26)13-23(18)27)28-25(22)17-6-11-21(31-2)12-7-17/h3-14H,15H2,1-2H3. The number of nitrogens with zero attached hydrogens (tertiary/aromatic N) is 2. The molecule has 4 rings (SSSR count). The summed E-state index contributed by atoms with van der Waals surface area (Å²) in [5.74, 6) is 1.56. The maximum absolute atomic E-state index is 6.39. The third-order valence-electron chi connectivity index (χ3n) is 5.10. The highest BCUT2D eigenvalue weighted by Crippen LogP contribution is 2.33. The van der Waals surface area contributed by atoms with E-state index in [1.54, 1.807) is 25.0 Å². The van der Waals surface area contributed by atoms with Gasteiger partial charge in [0.05, 0.1) is 26.5 Å². The summed E-state index contributed by atoms with van der Waals surface area (Å²) in [4.78, 5) is 0. The smallest absolute Gasteiger partial charge is 0.123 e. The first-order valence-corrected chi connectivity index (χ1v) is 11.0. The van der Waals surface area contributed by atoms with Crippen molar-refractivity contribution in [3.05, 3.63) is 93.0 Å². The lowest BCUT2D eigenvalue weighted by Crippen LogP contribution is -2.09. The van der Waals surface area contributed by atoms with Crippen LogP contribution in [0.4, 0.5) is 0 Å². The predicted molar refractivity (Wildman–Crippen MR) is 133 cm³/mol. The second kappa shape index (κ2) is 9.74. The average molecular weight is 483 g/mol. The number of benzene rings is 3. The van der Waals surface area contributed by atoms with Crippen LogP contribution >= 0.6 is 35.4 Å². The van der Waals surface area contributed by atoms with Gasteiger partial charge in [-0.1, -0.05) is 53.6 Å². The minimum atomic E-state index is 0.431. The van der Waals surface area contributed by atoms with E-state index >= 15 is 0 Å².